The maximum atomic E-state index is 12.9. The Kier molecular flexibility index (Phi) is 5.85. The van der Waals surface area contributed by atoms with Gasteiger partial charge < -0.3 is 10.1 Å². The summed E-state index contributed by atoms with van der Waals surface area (Å²) in [5, 5.41) is 4.70. The van der Waals surface area contributed by atoms with E-state index in [0.717, 1.165) is 40.6 Å². The topological polar surface area (TPSA) is 51.2 Å². The zero-order valence-corrected chi connectivity index (χ0v) is 18.9. The van der Waals surface area contributed by atoms with Crippen LogP contribution in [0.2, 0.25) is 0 Å². The Morgan fingerprint density at radius 3 is 2.39 bits per heavy atom. The van der Waals surface area contributed by atoms with E-state index in [4.69, 9.17) is 4.74 Å². The number of fused-ring (bicyclic) bond motifs is 1. The molecule has 4 rings (SSSR count). The van der Waals surface area contributed by atoms with Gasteiger partial charge in [-0.25, -0.2) is 0 Å². The summed E-state index contributed by atoms with van der Waals surface area (Å²) in [6, 6.07) is 17.7. The molecule has 2 aromatic carbocycles. The number of pyridine rings is 1. The second-order valence-corrected chi connectivity index (χ2v) is 10.1. The molecule has 0 amide bonds. The van der Waals surface area contributed by atoms with Gasteiger partial charge in [0.25, 0.3) is 0 Å². The minimum atomic E-state index is 0.0605. The van der Waals surface area contributed by atoms with Gasteiger partial charge in [-0.2, -0.15) is 0 Å². The zero-order valence-electron chi connectivity index (χ0n) is 18.9. The van der Waals surface area contributed by atoms with Crippen LogP contribution in [0.4, 0.5) is 0 Å². The quantitative estimate of drug-likeness (QED) is 0.505. The first-order valence-corrected chi connectivity index (χ1v) is 11.1. The van der Waals surface area contributed by atoms with Crippen molar-refractivity contribution in [1.82, 2.24) is 10.3 Å². The number of nitrogens with zero attached hydrogens (tertiary/aromatic N) is 1. The average molecular weight is 417 g/mol. The summed E-state index contributed by atoms with van der Waals surface area (Å²) in [6.07, 6.45) is 4.41. The molecule has 2 heterocycles. The van der Waals surface area contributed by atoms with Gasteiger partial charge in [0.1, 0.15) is 12.4 Å². The number of hydrogen-bond acceptors (Lipinski definition) is 4. The van der Waals surface area contributed by atoms with Gasteiger partial charge in [-0.15, -0.1) is 0 Å². The monoisotopic (exact) mass is 416 g/mol. The third kappa shape index (κ3) is 5.31. The number of Topliss-reactive ketones (excluding diaryl/α,β-unsaturated/α-hetero) is 1. The van der Waals surface area contributed by atoms with Crippen LogP contribution in [0.1, 0.15) is 62.9 Å². The van der Waals surface area contributed by atoms with Crippen molar-refractivity contribution in [1.29, 1.82) is 0 Å². The smallest absolute Gasteiger partial charge is 0.163 e. The lowest BCUT2D eigenvalue weighted by atomic mass is 9.74. The van der Waals surface area contributed by atoms with Crippen LogP contribution in [-0.4, -0.2) is 21.8 Å². The summed E-state index contributed by atoms with van der Waals surface area (Å²) < 4.78 is 6.04. The molecule has 1 fully saturated rings. The second-order valence-electron chi connectivity index (χ2n) is 10.1. The van der Waals surface area contributed by atoms with E-state index < -0.39 is 0 Å². The summed E-state index contributed by atoms with van der Waals surface area (Å²) in [6.45, 7) is 9.37. The lowest BCUT2D eigenvalue weighted by molar-refractivity contribution is 0.0864. The van der Waals surface area contributed by atoms with E-state index >= 15 is 0 Å². The Morgan fingerprint density at radius 1 is 1.00 bits per heavy atom. The molecule has 162 valence electrons. The van der Waals surface area contributed by atoms with E-state index in [0.29, 0.717) is 18.9 Å². The summed E-state index contributed by atoms with van der Waals surface area (Å²) in [5.74, 6) is 1.45. The van der Waals surface area contributed by atoms with Gasteiger partial charge in [-0.3, -0.25) is 9.78 Å². The van der Waals surface area contributed by atoms with E-state index in [-0.39, 0.29) is 16.9 Å². The van der Waals surface area contributed by atoms with Crippen LogP contribution in [0.15, 0.2) is 60.8 Å². The number of carbonyl (C=O) groups excluding carboxylic acids is 1. The van der Waals surface area contributed by atoms with Gasteiger partial charge in [0.05, 0.1) is 5.52 Å². The first-order chi connectivity index (χ1) is 14.7. The number of aromatic nitrogens is 1. The Balaban J connectivity index is 1.38. The highest BCUT2D eigenvalue weighted by Gasteiger charge is 2.38. The van der Waals surface area contributed by atoms with E-state index in [1.54, 1.807) is 6.20 Å². The van der Waals surface area contributed by atoms with Gasteiger partial charge in [0.15, 0.2) is 5.78 Å². The molecule has 31 heavy (non-hydrogen) atoms. The average Bonchev–Trinajstić information content (AvgIpc) is 2.70. The standard InChI is InChI=1S/C27H32N2O2/c1-26(2)16-20(17-27(3,4)29-26)15-24(30)21-11-9-19(10-12-21)18-31-25-13-14-28-23-8-6-5-7-22(23)25/h5-14,20,29H,15-18H2,1-4H3. The van der Waals surface area contributed by atoms with Crippen LogP contribution in [0.5, 0.6) is 5.75 Å². The first-order valence-electron chi connectivity index (χ1n) is 11.1. The number of rotatable bonds is 6. The SMILES string of the molecule is CC1(C)CC(CC(=O)c2ccc(COc3ccnc4ccccc34)cc2)CC(C)(C)N1. The minimum absolute atomic E-state index is 0.0605. The maximum Gasteiger partial charge on any atom is 0.163 e. The van der Waals surface area contributed by atoms with Crippen molar-refractivity contribution in [2.75, 3.05) is 0 Å². The number of nitrogens with one attached hydrogen (secondary N) is 1. The van der Waals surface area contributed by atoms with Crippen molar-refractivity contribution in [2.24, 2.45) is 5.92 Å². The summed E-state index contributed by atoms with van der Waals surface area (Å²) in [4.78, 5) is 17.3. The predicted octanol–water partition coefficient (Wildman–Crippen LogP) is 5.94. The molecule has 1 aromatic heterocycles. The maximum absolute atomic E-state index is 12.9. The molecular formula is C27H32N2O2. The van der Waals surface area contributed by atoms with Crippen molar-refractivity contribution in [3.05, 3.63) is 71.9 Å². The lowest BCUT2D eigenvalue weighted by Gasteiger charge is -2.46. The molecule has 4 heteroatoms. The van der Waals surface area contributed by atoms with Crippen molar-refractivity contribution in [2.45, 2.75) is 64.6 Å². The van der Waals surface area contributed by atoms with Gasteiger partial charge >= 0.3 is 0 Å². The molecular weight excluding hydrogens is 384 g/mol. The van der Waals surface area contributed by atoms with Crippen LogP contribution in [0, 0.1) is 5.92 Å². The number of benzene rings is 2. The molecule has 1 saturated heterocycles. The number of ether oxygens (including phenoxy) is 1. The summed E-state index contributed by atoms with van der Waals surface area (Å²) >= 11 is 0. The fourth-order valence-corrected chi connectivity index (χ4v) is 5.20. The Bertz CT molecular complexity index is 1050. The Morgan fingerprint density at radius 2 is 1.68 bits per heavy atom. The molecule has 1 aliphatic rings. The molecule has 0 aliphatic carbocycles. The molecule has 0 saturated carbocycles. The highest BCUT2D eigenvalue weighted by atomic mass is 16.5. The van der Waals surface area contributed by atoms with Crippen molar-refractivity contribution < 1.29 is 9.53 Å². The molecule has 4 nitrogen and oxygen atoms in total. The predicted molar refractivity (Wildman–Crippen MR) is 125 cm³/mol. The van der Waals surface area contributed by atoms with Gasteiger partial charge in [0.2, 0.25) is 0 Å². The summed E-state index contributed by atoms with van der Waals surface area (Å²) in [5.41, 5.74) is 2.87. The highest BCUT2D eigenvalue weighted by Crippen LogP contribution is 2.35. The Hall–Kier alpha value is -2.72. The van der Waals surface area contributed by atoms with Crippen LogP contribution in [0.25, 0.3) is 10.9 Å². The normalized spacial score (nSPS) is 18.1. The van der Waals surface area contributed by atoms with E-state index in [1.165, 1.54) is 0 Å². The number of ketones is 1. The number of hydrogen-bond donors (Lipinski definition) is 1. The molecule has 0 bridgehead atoms. The zero-order chi connectivity index (χ0) is 22.1. The fraction of sp³-hybridized carbons (Fsp3) is 0.407. The van der Waals surface area contributed by atoms with Gasteiger partial charge in [0, 0.05) is 34.6 Å². The number of carbonyl (C=O) groups is 1. The van der Waals surface area contributed by atoms with Crippen LogP contribution < -0.4 is 10.1 Å². The summed E-state index contributed by atoms with van der Waals surface area (Å²) in [7, 11) is 0. The van der Waals surface area contributed by atoms with Crippen LogP contribution in [0.3, 0.4) is 0 Å². The number of para-hydroxylation sites is 1. The molecule has 0 atom stereocenters. The lowest BCUT2D eigenvalue weighted by Crippen LogP contribution is -2.57. The highest BCUT2D eigenvalue weighted by molar-refractivity contribution is 5.96. The van der Waals surface area contributed by atoms with Crippen LogP contribution >= 0.6 is 0 Å². The van der Waals surface area contributed by atoms with E-state index in [2.05, 4.69) is 38.0 Å². The molecule has 0 spiro atoms. The molecule has 0 unspecified atom stereocenters. The fourth-order valence-electron chi connectivity index (χ4n) is 5.20. The third-order valence-electron chi connectivity index (χ3n) is 6.03. The third-order valence-corrected chi connectivity index (χ3v) is 6.03. The second kappa shape index (κ2) is 8.43. The van der Waals surface area contributed by atoms with E-state index in [9.17, 15) is 4.79 Å². The van der Waals surface area contributed by atoms with Crippen molar-refractivity contribution in [3.63, 3.8) is 0 Å². The molecule has 1 N–H and O–H groups in total. The van der Waals surface area contributed by atoms with Crippen molar-refractivity contribution >= 4 is 16.7 Å². The largest absolute Gasteiger partial charge is 0.488 e. The van der Waals surface area contributed by atoms with Gasteiger partial charge in [-0.1, -0.05) is 36.4 Å². The minimum Gasteiger partial charge on any atom is -0.488 e. The molecule has 1 aliphatic heterocycles. The first kappa shape index (κ1) is 21.5. The molecule has 3 aromatic rings. The number of piperidine rings is 1. The van der Waals surface area contributed by atoms with E-state index in [1.807, 2.05) is 54.6 Å². The molecule has 0 radical (unpaired) electrons. The van der Waals surface area contributed by atoms with Crippen LogP contribution in [-0.2, 0) is 6.61 Å². The van der Waals surface area contributed by atoms with Crippen molar-refractivity contribution in [3.8, 4) is 5.75 Å². The Labute approximate surface area is 185 Å². The van der Waals surface area contributed by atoms with Gasteiger partial charge in [-0.05, 0) is 70.2 Å².